The largest absolute Gasteiger partial charge is 0.282 e. The molecule has 0 fully saturated rings. The van der Waals surface area contributed by atoms with Crippen molar-refractivity contribution in [2.45, 2.75) is 6.92 Å². The lowest BCUT2D eigenvalue weighted by molar-refractivity contribution is -0.385. The van der Waals surface area contributed by atoms with E-state index in [4.69, 9.17) is 0 Å². The molecule has 6 heteroatoms. The van der Waals surface area contributed by atoms with Gasteiger partial charge in [0.25, 0.3) is 11.6 Å². The minimum absolute atomic E-state index is 0.0176. The Bertz CT molecular complexity index is 378. The predicted octanol–water partition coefficient (Wildman–Crippen LogP) is 1.28. The number of nitro groups is 1. The van der Waals surface area contributed by atoms with Crippen molar-refractivity contribution in [1.82, 2.24) is 5.48 Å². The summed E-state index contributed by atoms with van der Waals surface area (Å²) in [7, 11) is 0. The normalized spacial score (nSPS) is 9.67. The standard InChI is InChI=1S/C9H10N2O4/c1-2-15-10-9(12)7-5-3-4-6-8(7)11(13)14/h3-6H,2H2,1H3,(H,10,12). The number of hydroxylamine groups is 1. The highest BCUT2D eigenvalue weighted by Crippen LogP contribution is 2.16. The molecule has 0 radical (unpaired) electrons. The van der Waals surface area contributed by atoms with Crippen LogP contribution in [-0.4, -0.2) is 17.4 Å². The van der Waals surface area contributed by atoms with Crippen LogP contribution < -0.4 is 5.48 Å². The Labute approximate surface area is 86.0 Å². The number of carbonyl (C=O) groups excluding carboxylic acids is 1. The quantitative estimate of drug-likeness (QED) is 0.599. The average molecular weight is 210 g/mol. The fourth-order valence-corrected chi connectivity index (χ4v) is 1.02. The van der Waals surface area contributed by atoms with E-state index < -0.39 is 10.8 Å². The van der Waals surface area contributed by atoms with Crippen molar-refractivity contribution in [2.75, 3.05) is 6.61 Å². The molecule has 6 nitrogen and oxygen atoms in total. The molecule has 0 spiro atoms. The number of para-hydroxylation sites is 1. The van der Waals surface area contributed by atoms with Crippen LogP contribution in [0, 0.1) is 10.1 Å². The van der Waals surface area contributed by atoms with Crippen molar-refractivity contribution < 1.29 is 14.6 Å². The maximum atomic E-state index is 11.4. The first-order valence-corrected chi connectivity index (χ1v) is 4.32. The molecular formula is C9H10N2O4. The minimum atomic E-state index is -0.621. The summed E-state index contributed by atoms with van der Waals surface area (Å²) in [6.45, 7) is 1.99. The third-order valence-electron chi connectivity index (χ3n) is 1.65. The van der Waals surface area contributed by atoms with E-state index in [0.29, 0.717) is 6.61 Å². The zero-order valence-electron chi connectivity index (χ0n) is 8.10. The molecule has 1 amide bonds. The van der Waals surface area contributed by atoms with Crippen LogP contribution in [0.2, 0.25) is 0 Å². The number of hydrogen-bond donors (Lipinski definition) is 1. The van der Waals surface area contributed by atoms with Crippen LogP contribution in [0.15, 0.2) is 24.3 Å². The Morgan fingerprint density at radius 1 is 1.53 bits per heavy atom. The third-order valence-corrected chi connectivity index (χ3v) is 1.65. The SMILES string of the molecule is CCONC(=O)c1ccccc1[N+](=O)[O-]. The molecule has 0 heterocycles. The van der Waals surface area contributed by atoms with Crippen LogP contribution in [0.1, 0.15) is 17.3 Å². The van der Waals surface area contributed by atoms with E-state index in [1.165, 1.54) is 18.2 Å². The molecule has 15 heavy (non-hydrogen) atoms. The molecule has 1 N–H and O–H groups in total. The maximum absolute atomic E-state index is 11.4. The zero-order chi connectivity index (χ0) is 11.3. The first-order chi connectivity index (χ1) is 7.16. The van der Waals surface area contributed by atoms with Crippen LogP contribution in [0.3, 0.4) is 0 Å². The number of benzene rings is 1. The average Bonchev–Trinajstić information content (AvgIpc) is 2.25. The van der Waals surface area contributed by atoms with Gasteiger partial charge in [0.05, 0.1) is 11.5 Å². The molecule has 1 rings (SSSR count). The molecule has 0 aromatic heterocycles. The first kappa shape index (κ1) is 11.1. The molecule has 0 saturated heterocycles. The number of nitrogens with zero attached hydrogens (tertiary/aromatic N) is 1. The summed E-state index contributed by atoms with van der Waals surface area (Å²) < 4.78 is 0. The Morgan fingerprint density at radius 2 is 2.20 bits per heavy atom. The lowest BCUT2D eigenvalue weighted by atomic mass is 10.2. The monoisotopic (exact) mass is 210 g/mol. The van der Waals surface area contributed by atoms with Crippen LogP contribution >= 0.6 is 0 Å². The second-order valence-electron chi connectivity index (χ2n) is 2.64. The van der Waals surface area contributed by atoms with Gasteiger partial charge < -0.3 is 0 Å². The van der Waals surface area contributed by atoms with Gasteiger partial charge in [0.2, 0.25) is 0 Å². The fourth-order valence-electron chi connectivity index (χ4n) is 1.02. The van der Waals surface area contributed by atoms with E-state index in [0.717, 1.165) is 0 Å². The van der Waals surface area contributed by atoms with E-state index >= 15 is 0 Å². The molecule has 0 bridgehead atoms. The van der Waals surface area contributed by atoms with Crippen molar-refractivity contribution in [1.29, 1.82) is 0 Å². The van der Waals surface area contributed by atoms with Gasteiger partial charge in [-0.1, -0.05) is 12.1 Å². The smallest absolute Gasteiger partial charge is 0.274 e. The van der Waals surface area contributed by atoms with Gasteiger partial charge in [0.1, 0.15) is 5.56 Å². The molecule has 1 aromatic rings. The third kappa shape index (κ3) is 2.75. The Morgan fingerprint density at radius 3 is 2.80 bits per heavy atom. The van der Waals surface area contributed by atoms with Crippen molar-refractivity contribution in [2.24, 2.45) is 0 Å². The summed E-state index contributed by atoms with van der Waals surface area (Å²) in [6, 6.07) is 5.68. The van der Waals surface area contributed by atoms with Gasteiger partial charge in [-0.15, -0.1) is 0 Å². The Kier molecular flexibility index (Phi) is 3.75. The topological polar surface area (TPSA) is 81.5 Å². The highest BCUT2D eigenvalue weighted by molar-refractivity contribution is 5.97. The Balaban J connectivity index is 2.92. The molecule has 0 saturated carbocycles. The lowest BCUT2D eigenvalue weighted by Crippen LogP contribution is -2.24. The molecule has 0 unspecified atom stereocenters. The van der Waals surface area contributed by atoms with Gasteiger partial charge in [0.15, 0.2) is 0 Å². The lowest BCUT2D eigenvalue weighted by Gasteiger charge is -2.03. The Hall–Kier alpha value is -1.95. The second-order valence-corrected chi connectivity index (χ2v) is 2.64. The van der Waals surface area contributed by atoms with Crippen molar-refractivity contribution in [3.63, 3.8) is 0 Å². The number of rotatable bonds is 4. The molecular weight excluding hydrogens is 200 g/mol. The van der Waals surface area contributed by atoms with Crippen LogP contribution in [0.5, 0.6) is 0 Å². The summed E-state index contributed by atoms with van der Waals surface area (Å²) in [4.78, 5) is 26.0. The number of nitrogens with one attached hydrogen (secondary N) is 1. The van der Waals surface area contributed by atoms with Crippen LogP contribution in [0.25, 0.3) is 0 Å². The van der Waals surface area contributed by atoms with Gasteiger partial charge in [-0.3, -0.25) is 19.7 Å². The summed E-state index contributed by atoms with van der Waals surface area (Å²) in [5, 5.41) is 10.6. The second kappa shape index (κ2) is 5.06. The van der Waals surface area contributed by atoms with Crippen molar-refractivity contribution >= 4 is 11.6 Å². The predicted molar refractivity (Wildman–Crippen MR) is 52.2 cm³/mol. The highest BCUT2D eigenvalue weighted by atomic mass is 16.7. The fraction of sp³-hybridized carbons (Fsp3) is 0.222. The van der Waals surface area contributed by atoms with Crippen LogP contribution in [0.4, 0.5) is 5.69 Å². The number of amides is 1. The van der Waals surface area contributed by atoms with Gasteiger partial charge in [-0.05, 0) is 13.0 Å². The van der Waals surface area contributed by atoms with E-state index in [1.54, 1.807) is 13.0 Å². The minimum Gasteiger partial charge on any atom is -0.274 e. The number of carbonyl (C=O) groups is 1. The molecule has 1 aromatic carbocycles. The van der Waals surface area contributed by atoms with Gasteiger partial charge >= 0.3 is 0 Å². The van der Waals surface area contributed by atoms with Gasteiger partial charge in [-0.25, -0.2) is 5.48 Å². The molecule has 80 valence electrons. The van der Waals surface area contributed by atoms with Crippen molar-refractivity contribution in [3.05, 3.63) is 39.9 Å². The number of hydrogen-bond acceptors (Lipinski definition) is 4. The van der Waals surface area contributed by atoms with Gasteiger partial charge in [0, 0.05) is 6.07 Å². The van der Waals surface area contributed by atoms with Gasteiger partial charge in [-0.2, -0.15) is 0 Å². The zero-order valence-corrected chi connectivity index (χ0v) is 8.10. The molecule has 0 aliphatic rings. The van der Waals surface area contributed by atoms with E-state index in [1.807, 2.05) is 0 Å². The van der Waals surface area contributed by atoms with Crippen LogP contribution in [-0.2, 0) is 4.84 Å². The van der Waals surface area contributed by atoms with Crippen molar-refractivity contribution in [3.8, 4) is 0 Å². The number of nitro benzene ring substituents is 1. The summed E-state index contributed by atoms with van der Waals surface area (Å²) in [6.07, 6.45) is 0. The summed E-state index contributed by atoms with van der Waals surface area (Å²) in [5.41, 5.74) is 1.84. The van der Waals surface area contributed by atoms with E-state index in [9.17, 15) is 14.9 Å². The molecule has 0 aliphatic heterocycles. The summed E-state index contributed by atoms with van der Waals surface area (Å²) in [5.74, 6) is -0.621. The van der Waals surface area contributed by atoms with E-state index in [2.05, 4.69) is 10.3 Å². The molecule has 0 atom stereocenters. The molecule has 0 aliphatic carbocycles. The maximum Gasteiger partial charge on any atom is 0.282 e. The summed E-state index contributed by atoms with van der Waals surface area (Å²) >= 11 is 0. The first-order valence-electron chi connectivity index (χ1n) is 4.32. The van der Waals surface area contributed by atoms with E-state index in [-0.39, 0.29) is 11.3 Å². The highest BCUT2D eigenvalue weighted by Gasteiger charge is 2.18.